The molecule has 1 atom stereocenters. The van der Waals surface area contributed by atoms with E-state index in [4.69, 9.17) is 22.3 Å². The fourth-order valence-corrected chi connectivity index (χ4v) is 6.50. The van der Waals surface area contributed by atoms with E-state index in [-0.39, 0.29) is 18.8 Å². The van der Waals surface area contributed by atoms with Crippen LogP contribution in [-0.2, 0) is 19.1 Å². The van der Waals surface area contributed by atoms with Crippen LogP contribution in [0.2, 0.25) is 0 Å². The molecule has 0 fully saturated rings. The van der Waals surface area contributed by atoms with Crippen LogP contribution in [0.1, 0.15) is 42.4 Å². The van der Waals surface area contributed by atoms with Crippen LogP contribution in [0.3, 0.4) is 0 Å². The van der Waals surface area contributed by atoms with E-state index < -0.39 is 23.2 Å². The van der Waals surface area contributed by atoms with Gasteiger partial charge < -0.3 is 24.4 Å². The lowest BCUT2D eigenvalue weighted by atomic mass is 10.0. The number of Topliss-reactive ketones (excluding diaryl/α,β-unsaturated/α-hetero) is 2. The van der Waals surface area contributed by atoms with E-state index in [0.29, 0.717) is 36.1 Å². The summed E-state index contributed by atoms with van der Waals surface area (Å²) in [7, 11) is 0. The SMILES string of the molecule is C#CCOCCN(CCC)c1ccc(C2=C([O-])C(=O)C(c3ccc(N(CCC)CCOCC#C)s3)C2=O)s1. The summed E-state index contributed by atoms with van der Waals surface area (Å²) in [5.41, 5.74) is -0.0145. The lowest BCUT2D eigenvalue weighted by Crippen LogP contribution is -2.27. The van der Waals surface area contributed by atoms with Crippen molar-refractivity contribution in [3.05, 3.63) is 39.8 Å². The van der Waals surface area contributed by atoms with Crippen molar-refractivity contribution in [1.82, 2.24) is 0 Å². The lowest BCUT2D eigenvalue weighted by molar-refractivity contribution is -0.296. The van der Waals surface area contributed by atoms with Crippen molar-refractivity contribution < 1.29 is 24.2 Å². The van der Waals surface area contributed by atoms with Gasteiger partial charge in [-0.25, -0.2) is 0 Å². The fourth-order valence-electron chi connectivity index (χ4n) is 4.24. The van der Waals surface area contributed by atoms with Gasteiger partial charge >= 0.3 is 0 Å². The van der Waals surface area contributed by atoms with Gasteiger partial charge in [-0.05, 0) is 37.1 Å². The molecule has 0 saturated heterocycles. The van der Waals surface area contributed by atoms with Crippen LogP contribution >= 0.6 is 22.7 Å². The monoisotopic (exact) mass is 553 g/mol. The number of thiophene rings is 2. The van der Waals surface area contributed by atoms with Gasteiger partial charge in [0.2, 0.25) is 0 Å². The van der Waals surface area contributed by atoms with E-state index in [0.717, 1.165) is 35.9 Å². The Kier molecular flexibility index (Phi) is 11.4. The van der Waals surface area contributed by atoms with E-state index >= 15 is 0 Å². The second kappa shape index (κ2) is 14.8. The first-order valence-corrected chi connectivity index (χ1v) is 14.3. The Morgan fingerprint density at radius 2 is 1.39 bits per heavy atom. The van der Waals surface area contributed by atoms with Crippen LogP contribution in [-0.4, -0.2) is 64.2 Å². The minimum atomic E-state index is -1.09. The van der Waals surface area contributed by atoms with Crippen molar-refractivity contribution in [2.75, 3.05) is 62.4 Å². The number of hydrogen-bond acceptors (Lipinski definition) is 9. The number of anilines is 2. The topological polar surface area (TPSA) is 82.1 Å². The normalized spacial score (nSPS) is 15.1. The first-order chi connectivity index (χ1) is 18.5. The van der Waals surface area contributed by atoms with Gasteiger partial charge in [0.05, 0.1) is 23.2 Å². The largest absolute Gasteiger partial charge is 0.870 e. The van der Waals surface area contributed by atoms with Gasteiger partial charge in [-0.2, -0.15) is 0 Å². The van der Waals surface area contributed by atoms with E-state index in [1.54, 1.807) is 12.1 Å². The Hall–Kier alpha value is -3.08. The number of carbonyl (C=O) groups excluding carboxylic acids is 2. The number of allylic oxidation sites excluding steroid dienone is 2. The second-order valence-corrected chi connectivity index (χ2v) is 10.8. The molecule has 3 rings (SSSR count). The summed E-state index contributed by atoms with van der Waals surface area (Å²) >= 11 is 2.71. The van der Waals surface area contributed by atoms with Gasteiger partial charge in [0.15, 0.2) is 11.6 Å². The number of carbonyl (C=O) groups is 2. The van der Waals surface area contributed by atoms with Crippen molar-refractivity contribution >= 4 is 49.8 Å². The maximum absolute atomic E-state index is 13.5. The molecule has 7 nitrogen and oxygen atoms in total. The predicted octanol–water partition coefficient (Wildman–Crippen LogP) is 3.55. The predicted molar refractivity (Wildman–Crippen MR) is 153 cm³/mol. The highest BCUT2D eigenvalue weighted by atomic mass is 32.1. The average molecular weight is 554 g/mol. The number of hydrogen-bond donors (Lipinski definition) is 0. The van der Waals surface area contributed by atoms with Gasteiger partial charge in [-0.15, -0.1) is 35.5 Å². The van der Waals surface area contributed by atoms with Gasteiger partial charge in [0.1, 0.15) is 19.1 Å². The highest BCUT2D eigenvalue weighted by molar-refractivity contribution is 7.18. The molecular weight excluding hydrogens is 520 g/mol. The van der Waals surface area contributed by atoms with Crippen molar-refractivity contribution in [1.29, 1.82) is 0 Å². The van der Waals surface area contributed by atoms with Crippen LogP contribution in [0.5, 0.6) is 0 Å². The third kappa shape index (κ3) is 7.06. The molecule has 2 aromatic heterocycles. The molecule has 2 aromatic rings. The van der Waals surface area contributed by atoms with Gasteiger partial charge in [-0.1, -0.05) is 31.4 Å². The molecule has 1 unspecified atom stereocenters. The molecule has 0 amide bonds. The lowest BCUT2D eigenvalue weighted by Gasteiger charge is -2.22. The van der Waals surface area contributed by atoms with Gasteiger partial charge in [0.25, 0.3) is 0 Å². The zero-order valence-electron chi connectivity index (χ0n) is 21.9. The summed E-state index contributed by atoms with van der Waals surface area (Å²) in [6.07, 6.45) is 12.3. The Balaban J connectivity index is 1.76. The van der Waals surface area contributed by atoms with Gasteiger partial charge in [0, 0.05) is 41.5 Å². The molecule has 9 heteroatoms. The summed E-state index contributed by atoms with van der Waals surface area (Å²) in [6, 6.07) is 7.32. The first kappa shape index (κ1) is 29.5. The van der Waals surface area contributed by atoms with E-state index in [1.807, 2.05) is 12.1 Å². The minimum absolute atomic E-state index is 0.0145. The molecule has 0 saturated carbocycles. The van der Waals surface area contributed by atoms with E-state index in [9.17, 15) is 14.7 Å². The molecule has 0 aliphatic heterocycles. The van der Waals surface area contributed by atoms with Crippen LogP contribution in [0.15, 0.2) is 30.0 Å². The number of terminal acetylenes is 2. The Labute approximate surface area is 233 Å². The molecule has 0 radical (unpaired) electrons. The molecular formula is C29H33N2O5S2-. The maximum Gasteiger partial charge on any atom is 0.179 e. The van der Waals surface area contributed by atoms with Gasteiger partial charge in [-0.3, -0.25) is 9.59 Å². The molecule has 0 N–H and O–H groups in total. The Morgan fingerprint density at radius 1 is 0.842 bits per heavy atom. The fraction of sp³-hybridized carbons (Fsp3) is 0.448. The van der Waals surface area contributed by atoms with Crippen LogP contribution in [0.25, 0.3) is 5.57 Å². The molecule has 38 heavy (non-hydrogen) atoms. The third-order valence-electron chi connectivity index (χ3n) is 5.95. The number of ketones is 2. The third-order valence-corrected chi connectivity index (χ3v) is 8.32. The molecule has 0 aromatic carbocycles. The number of nitrogens with zero attached hydrogens (tertiary/aromatic N) is 2. The average Bonchev–Trinajstić information content (AvgIpc) is 3.62. The molecule has 1 aliphatic rings. The van der Waals surface area contributed by atoms with Crippen LogP contribution in [0.4, 0.5) is 10.0 Å². The summed E-state index contributed by atoms with van der Waals surface area (Å²) in [5.74, 6) is 2.00. The van der Waals surface area contributed by atoms with Crippen LogP contribution in [0, 0.1) is 24.7 Å². The summed E-state index contributed by atoms with van der Waals surface area (Å²) in [4.78, 5) is 31.9. The summed E-state index contributed by atoms with van der Waals surface area (Å²) in [5, 5.41) is 14.8. The summed E-state index contributed by atoms with van der Waals surface area (Å²) < 4.78 is 10.8. The van der Waals surface area contributed by atoms with E-state index in [1.165, 1.54) is 22.7 Å². The minimum Gasteiger partial charge on any atom is -0.870 e. The highest BCUT2D eigenvalue weighted by Crippen LogP contribution is 2.43. The summed E-state index contributed by atoms with van der Waals surface area (Å²) in [6.45, 7) is 8.45. The van der Waals surface area contributed by atoms with Crippen molar-refractivity contribution in [2.24, 2.45) is 0 Å². The van der Waals surface area contributed by atoms with Crippen LogP contribution < -0.4 is 14.9 Å². The zero-order valence-corrected chi connectivity index (χ0v) is 23.5. The van der Waals surface area contributed by atoms with E-state index in [2.05, 4.69) is 35.5 Å². The maximum atomic E-state index is 13.5. The highest BCUT2D eigenvalue weighted by Gasteiger charge is 2.40. The molecule has 2 heterocycles. The number of rotatable bonds is 16. The molecule has 0 bridgehead atoms. The molecule has 1 aliphatic carbocycles. The smallest absolute Gasteiger partial charge is 0.179 e. The first-order valence-electron chi connectivity index (χ1n) is 12.7. The molecule has 0 spiro atoms. The second-order valence-electron chi connectivity index (χ2n) is 8.67. The number of ether oxygens (including phenoxy) is 2. The molecule has 202 valence electrons. The standard InChI is InChI=1S/C29H34N2O5S2/c1-5-13-30(15-19-35-17-7-3)23-11-9-21(37-23)25-27(32)26(29(34)28(25)33)22-10-12-24(38-22)31(14-6-2)16-20-36-18-8-4/h3-4,9-12,25,34H,5-6,13-20H2,1-2H3/p-1. The van der Waals surface area contributed by atoms with Crippen molar-refractivity contribution in [2.45, 2.75) is 32.6 Å². The van der Waals surface area contributed by atoms with Crippen molar-refractivity contribution in [3.63, 3.8) is 0 Å². The van der Waals surface area contributed by atoms with Crippen molar-refractivity contribution in [3.8, 4) is 24.7 Å². The Bertz CT molecular complexity index is 1220. The quantitative estimate of drug-likeness (QED) is 0.179. The Morgan fingerprint density at radius 3 is 1.95 bits per heavy atom. The zero-order chi connectivity index (χ0) is 27.5.